The maximum absolute atomic E-state index is 13.5. The number of rotatable bonds is 15. The molecule has 7 aromatic carbocycles. The van der Waals surface area contributed by atoms with E-state index in [1.807, 2.05) is 55.5 Å². The summed E-state index contributed by atoms with van der Waals surface area (Å²) < 4.78 is 88.1. The fourth-order valence-electron chi connectivity index (χ4n) is 5.88. The van der Waals surface area contributed by atoms with E-state index < -0.39 is 20.0 Å². The van der Waals surface area contributed by atoms with Crippen molar-refractivity contribution in [2.45, 2.75) is 26.5 Å². The highest BCUT2D eigenvalue weighted by Gasteiger charge is 2.19. The predicted molar refractivity (Wildman–Crippen MR) is 221 cm³/mol. The number of benzene rings is 7. The van der Waals surface area contributed by atoms with Crippen LogP contribution in [0.4, 0.5) is 0 Å². The summed E-state index contributed by atoms with van der Waals surface area (Å²) in [5.41, 5.74) is 3.83. The van der Waals surface area contributed by atoms with Gasteiger partial charge in [-0.3, -0.25) is 4.55 Å². The first-order valence-electron chi connectivity index (χ1n) is 17.6. The summed E-state index contributed by atoms with van der Waals surface area (Å²) in [5.74, 6) is 3.35. The molecule has 0 saturated heterocycles. The minimum absolute atomic E-state index is 0.0767. The molecule has 0 fully saturated rings. The molecule has 0 atom stereocenters. The lowest BCUT2D eigenvalue weighted by Crippen LogP contribution is -2.02. The molecule has 15 heteroatoms. The van der Waals surface area contributed by atoms with Crippen molar-refractivity contribution in [3.05, 3.63) is 163 Å². The van der Waals surface area contributed by atoms with Gasteiger partial charge in [-0.1, -0.05) is 53.6 Å². The number of methoxy groups -OCH3 is 1. The molecule has 59 heavy (non-hydrogen) atoms. The van der Waals surface area contributed by atoms with Crippen LogP contribution in [0.1, 0.15) is 5.56 Å². The zero-order chi connectivity index (χ0) is 41.6. The number of sulfone groups is 1. The molecular weight excluding hydrogens is 817 g/mol. The maximum Gasteiger partial charge on any atom is 0.294 e. The molecule has 0 amide bonds. The highest BCUT2D eigenvalue weighted by atomic mass is 32.2. The zero-order valence-electron chi connectivity index (χ0n) is 31.2. The standard InChI is InChI=1S/C44H34O12S3/c1-29-6-12-38(28-43(29)54-42-25-11-33(27-44(42)57-56-55-45)32-4-3-5-41(26-32)59(48,49)50)53-37-19-23-40(24-20-37)58(46,47)39-21-17-36(18-22-39)52-35-15-9-31(10-16-35)30-7-13-34(51-2)14-8-30/h3-28,45H,1-2H3,(H,48,49,50). The van der Waals surface area contributed by atoms with E-state index in [9.17, 15) is 21.4 Å². The summed E-state index contributed by atoms with van der Waals surface area (Å²) in [6, 6.07) is 43.4. The third-order valence-corrected chi connectivity index (χ3v) is 12.2. The van der Waals surface area contributed by atoms with Gasteiger partial charge in [0.1, 0.15) is 40.2 Å². The van der Waals surface area contributed by atoms with Crippen LogP contribution in [0.3, 0.4) is 0 Å². The molecule has 0 heterocycles. The Morgan fingerprint density at radius 3 is 1.56 bits per heavy atom. The van der Waals surface area contributed by atoms with Gasteiger partial charge in [0.05, 0.1) is 38.7 Å². The minimum atomic E-state index is -4.43. The Bertz CT molecular complexity index is 2790. The molecule has 0 aliphatic heterocycles. The van der Waals surface area contributed by atoms with Crippen LogP contribution in [0.5, 0.6) is 40.2 Å². The molecular formula is C44H34O12S3. The van der Waals surface area contributed by atoms with Crippen LogP contribution in [-0.4, -0.2) is 33.8 Å². The van der Waals surface area contributed by atoms with Gasteiger partial charge in [0.25, 0.3) is 10.1 Å². The van der Waals surface area contributed by atoms with Gasteiger partial charge in [-0.2, -0.15) is 8.42 Å². The third kappa shape index (κ3) is 9.93. The lowest BCUT2D eigenvalue weighted by Gasteiger charge is -2.15. The molecule has 0 radical (unpaired) electrons. The van der Waals surface area contributed by atoms with Crippen LogP contribution in [0.15, 0.2) is 177 Å². The molecule has 12 nitrogen and oxygen atoms in total. The predicted octanol–water partition coefficient (Wildman–Crippen LogP) is 11.2. The lowest BCUT2D eigenvalue weighted by molar-refractivity contribution is -0.432. The summed E-state index contributed by atoms with van der Waals surface area (Å²) in [7, 11) is -6.67. The number of hydrogen-bond acceptors (Lipinski definition) is 12. The van der Waals surface area contributed by atoms with Crippen LogP contribution in [0.2, 0.25) is 0 Å². The Morgan fingerprint density at radius 1 is 0.492 bits per heavy atom. The molecule has 0 bridgehead atoms. The van der Waals surface area contributed by atoms with E-state index in [0.29, 0.717) is 62.6 Å². The van der Waals surface area contributed by atoms with Crippen molar-refractivity contribution >= 4 is 32.0 Å². The van der Waals surface area contributed by atoms with E-state index in [-0.39, 0.29) is 14.7 Å². The van der Waals surface area contributed by atoms with E-state index in [1.54, 1.807) is 73.8 Å². The van der Waals surface area contributed by atoms with Crippen molar-refractivity contribution in [2.75, 3.05) is 7.11 Å². The van der Waals surface area contributed by atoms with Gasteiger partial charge in [0, 0.05) is 6.07 Å². The second-order valence-electron chi connectivity index (χ2n) is 12.8. The normalized spacial score (nSPS) is 11.5. The van der Waals surface area contributed by atoms with E-state index in [1.165, 1.54) is 42.5 Å². The average molecular weight is 851 g/mol. The number of aryl methyl sites for hydroxylation is 1. The molecule has 0 aliphatic rings. The Balaban J connectivity index is 1.01. The van der Waals surface area contributed by atoms with Crippen LogP contribution in [-0.2, 0) is 29.3 Å². The monoisotopic (exact) mass is 850 g/mol. The van der Waals surface area contributed by atoms with Crippen molar-refractivity contribution in [3.8, 4) is 62.5 Å². The minimum Gasteiger partial charge on any atom is -0.497 e. The van der Waals surface area contributed by atoms with Gasteiger partial charge in [-0.15, -0.1) is 4.33 Å². The Morgan fingerprint density at radius 2 is 1.00 bits per heavy atom. The Kier molecular flexibility index (Phi) is 12.3. The smallest absolute Gasteiger partial charge is 0.294 e. The van der Waals surface area contributed by atoms with Crippen LogP contribution in [0, 0.1) is 6.92 Å². The van der Waals surface area contributed by atoms with Crippen molar-refractivity contribution in [1.29, 1.82) is 0 Å². The second kappa shape index (κ2) is 17.8. The van der Waals surface area contributed by atoms with Crippen LogP contribution < -0.4 is 18.9 Å². The first kappa shape index (κ1) is 41.0. The van der Waals surface area contributed by atoms with Gasteiger partial charge in [0.15, 0.2) is 0 Å². The molecule has 0 saturated carbocycles. The fraction of sp³-hybridized carbons (Fsp3) is 0.0455. The van der Waals surface area contributed by atoms with E-state index in [0.717, 1.165) is 22.4 Å². The van der Waals surface area contributed by atoms with Gasteiger partial charge >= 0.3 is 0 Å². The highest BCUT2D eigenvalue weighted by Crippen LogP contribution is 2.40. The van der Waals surface area contributed by atoms with Crippen molar-refractivity contribution < 1.29 is 55.0 Å². The summed E-state index contributed by atoms with van der Waals surface area (Å²) in [5, 5.41) is 12.6. The molecule has 0 aromatic heterocycles. The molecule has 0 unspecified atom stereocenters. The highest BCUT2D eigenvalue weighted by molar-refractivity contribution is 7.94. The van der Waals surface area contributed by atoms with Gasteiger partial charge in [-0.25, -0.2) is 13.7 Å². The van der Waals surface area contributed by atoms with Crippen molar-refractivity contribution in [1.82, 2.24) is 0 Å². The number of ether oxygens (including phenoxy) is 4. The van der Waals surface area contributed by atoms with Gasteiger partial charge in [-0.05, 0) is 138 Å². The molecule has 300 valence electrons. The molecule has 7 rings (SSSR count). The summed E-state index contributed by atoms with van der Waals surface area (Å²) in [6.07, 6.45) is 0. The largest absolute Gasteiger partial charge is 0.497 e. The summed E-state index contributed by atoms with van der Waals surface area (Å²) in [4.78, 5) is 0.258. The van der Waals surface area contributed by atoms with Crippen LogP contribution in [0.25, 0.3) is 22.3 Å². The molecule has 0 aliphatic carbocycles. The molecule has 2 N–H and O–H groups in total. The summed E-state index contributed by atoms with van der Waals surface area (Å²) >= 11 is 0.646. The third-order valence-electron chi connectivity index (χ3n) is 8.96. The SMILES string of the molecule is COc1ccc(-c2ccc(Oc3ccc(S(=O)(=O)c4ccc(Oc5ccc(C)c(Oc6ccc(-c7cccc(S(=O)(=O)O)c7)cc6SOOO)c5)cc4)cc3)cc2)cc1. The molecule has 0 spiro atoms. The van der Waals surface area contributed by atoms with Crippen molar-refractivity contribution in [2.24, 2.45) is 0 Å². The van der Waals surface area contributed by atoms with Crippen molar-refractivity contribution in [3.63, 3.8) is 0 Å². The quantitative estimate of drug-likeness (QED) is 0.0434. The fourth-order valence-corrected chi connectivity index (χ4v) is 8.14. The Labute approximate surface area is 344 Å². The average Bonchev–Trinajstić information content (AvgIpc) is 3.25. The van der Waals surface area contributed by atoms with E-state index in [4.69, 9.17) is 24.2 Å². The maximum atomic E-state index is 13.5. The zero-order valence-corrected chi connectivity index (χ0v) is 33.7. The van der Waals surface area contributed by atoms with Gasteiger partial charge < -0.3 is 18.9 Å². The second-order valence-corrected chi connectivity index (χ2v) is 16.9. The topological polar surface area (TPSA) is 164 Å². The summed E-state index contributed by atoms with van der Waals surface area (Å²) in [6.45, 7) is 1.83. The van der Waals surface area contributed by atoms with E-state index in [2.05, 4.69) is 9.37 Å². The Hall–Kier alpha value is -6.17. The van der Waals surface area contributed by atoms with Gasteiger partial charge in [0.2, 0.25) is 9.84 Å². The lowest BCUT2D eigenvalue weighted by atomic mass is 10.1. The molecule has 7 aromatic rings. The number of hydrogen-bond donors (Lipinski definition) is 2. The first-order chi connectivity index (χ1) is 28.4. The van der Waals surface area contributed by atoms with E-state index >= 15 is 0 Å². The van der Waals surface area contributed by atoms with Crippen LogP contribution >= 0.6 is 12.0 Å². The first-order valence-corrected chi connectivity index (χ1v) is 21.3.